The Hall–Kier alpha value is -1.13. The van der Waals surface area contributed by atoms with Crippen molar-refractivity contribution in [3.05, 3.63) is 40.7 Å². The van der Waals surface area contributed by atoms with Crippen LogP contribution < -0.4 is 0 Å². The van der Waals surface area contributed by atoms with Gasteiger partial charge >= 0.3 is 0 Å². The molecule has 0 bridgehead atoms. The summed E-state index contributed by atoms with van der Waals surface area (Å²) in [6, 6.07) is 7.22. The van der Waals surface area contributed by atoms with E-state index in [0.717, 1.165) is 33.6 Å². The van der Waals surface area contributed by atoms with Gasteiger partial charge in [-0.2, -0.15) is 5.10 Å². The summed E-state index contributed by atoms with van der Waals surface area (Å²) >= 11 is 7.88. The minimum Gasteiger partial charge on any atom is -0.508 e. The second kappa shape index (κ2) is 5.67. The largest absolute Gasteiger partial charge is 0.508 e. The molecule has 5 heteroatoms. The van der Waals surface area contributed by atoms with E-state index >= 15 is 0 Å². The Balaban J connectivity index is 2.15. The molecule has 0 amide bonds. The molecule has 1 aromatic heterocycles. The van der Waals surface area contributed by atoms with Crippen molar-refractivity contribution in [2.45, 2.75) is 31.0 Å². The first-order chi connectivity index (χ1) is 8.61. The number of nitrogens with zero attached hydrogens (tertiary/aromatic N) is 2. The first-order valence-corrected chi connectivity index (χ1v) is 7.11. The first kappa shape index (κ1) is 13.3. The molecule has 0 saturated carbocycles. The summed E-state index contributed by atoms with van der Waals surface area (Å²) in [6.45, 7) is 4.77. The third-order valence-corrected chi connectivity index (χ3v) is 4.14. The Bertz CT molecular complexity index is 554. The number of aryl methyl sites for hydroxylation is 2. The molecular weight excluding hydrogens is 268 g/mol. The first-order valence-electron chi connectivity index (χ1n) is 5.75. The zero-order valence-electron chi connectivity index (χ0n) is 10.4. The topological polar surface area (TPSA) is 38.0 Å². The molecule has 0 unspecified atom stereocenters. The van der Waals surface area contributed by atoms with E-state index in [0.29, 0.717) is 0 Å². The maximum Gasteiger partial charge on any atom is 0.116 e. The monoisotopic (exact) mass is 282 g/mol. The van der Waals surface area contributed by atoms with Gasteiger partial charge in [-0.1, -0.05) is 17.7 Å². The molecule has 0 aliphatic carbocycles. The van der Waals surface area contributed by atoms with Crippen LogP contribution in [0.15, 0.2) is 29.2 Å². The molecule has 0 atom stereocenters. The van der Waals surface area contributed by atoms with Gasteiger partial charge in [-0.05, 0) is 32.0 Å². The Kier molecular flexibility index (Phi) is 4.19. The summed E-state index contributed by atoms with van der Waals surface area (Å²) < 4.78 is 1.92. The molecule has 0 saturated heterocycles. The molecule has 1 aromatic carbocycles. The number of hydrogen-bond acceptors (Lipinski definition) is 3. The Morgan fingerprint density at radius 1 is 1.44 bits per heavy atom. The van der Waals surface area contributed by atoms with Gasteiger partial charge in [0.1, 0.15) is 5.75 Å². The van der Waals surface area contributed by atoms with Crippen molar-refractivity contribution < 1.29 is 5.11 Å². The molecule has 0 fully saturated rings. The Labute approximate surface area is 116 Å². The van der Waals surface area contributed by atoms with Crippen LogP contribution in [0.3, 0.4) is 0 Å². The SMILES string of the molecule is CCn1nc(C)c(Cl)c1CSc1cccc(O)c1. The van der Waals surface area contributed by atoms with Crippen LogP contribution in [0, 0.1) is 6.92 Å². The van der Waals surface area contributed by atoms with Gasteiger partial charge in [0.2, 0.25) is 0 Å². The van der Waals surface area contributed by atoms with E-state index < -0.39 is 0 Å². The van der Waals surface area contributed by atoms with Crippen LogP contribution in [0.2, 0.25) is 5.02 Å². The van der Waals surface area contributed by atoms with Crippen molar-refractivity contribution in [2.24, 2.45) is 0 Å². The summed E-state index contributed by atoms with van der Waals surface area (Å²) in [7, 11) is 0. The van der Waals surface area contributed by atoms with Crippen LogP contribution in [0.4, 0.5) is 0 Å². The van der Waals surface area contributed by atoms with Crippen molar-refractivity contribution in [1.82, 2.24) is 9.78 Å². The fraction of sp³-hybridized carbons (Fsp3) is 0.308. The van der Waals surface area contributed by atoms with E-state index in [1.54, 1.807) is 23.9 Å². The molecule has 0 aliphatic rings. The highest BCUT2D eigenvalue weighted by Crippen LogP contribution is 2.29. The number of hydrogen-bond donors (Lipinski definition) is 1. The molecule has 0 spiro atoms. The van der Waals surface area contributed by atoms with Crippen LogP contribution in [-0.2, 0) is 12.3 Å². The van der Waals surface area contributed by atoms with Crippen molar-refractivity contribution in [1.29, 1.82) is 0 Å². The smallest absolute Gasteiger partial charge is 0.116 e. The van der Waals surface area contributed by atoms with E-state index in [4.69, 9.17) is 11.6 Å². The average Bonchev–Trinajstić information content (AvgIpc) is 2.63. The zero-order valence-corrected chi connectivity index (χ0v) is 11.9. The summed E-state index contributed by atoms with van der Waals surface area (Å²) in [4.78, 5) is 1.02. The molecule has 3 nitrogen and oxygen atoms in total. The lowest BCUT2D eigenvalue weighted by Crippen LogP contribution is -2.01. The fourth-order valence-electron chi connectivity index (χ4n) is 1.73. The summed E-state index contributed by atoms with van der Waals surface area (Å²) in [5.41, 5.74) is 1.90. The maximum atomic E-state index is 9.41. The van der Waals surface area contributed by atoms with Crippen molar-refractivity contribution in [3.8, 4) is 5.75 Å². The highest BCUT2D eigenvalue weighted by atomic mass is 35.5. The molecule has 0 aliphatic heterocycles. The molecule has 18 heavy (non-hydrogen) atoms. The van der Waals surface area contributed by atoms with Crippen LogP contribution in [0.5, 0.6) is 5.75 Å². The number of aromatic hydroxyl groups is 1. The number of benzene rings is 1. The highest BCUT2D eigenvalue weighted by Gasteiger charge is 2.12. The highest BCUT2D eigenvalue weighted by molar-refractivity contribution is 7.98. The lowest BCUT2D eigenvalue weighted by Gasteiger charge is -2.05. The van der Waals surface area contributed by atoms with E-state index in [1.165, 1.54) is 0 Å². The molecule has 96 valence electrons. The van der Waals surface area contributed by atoms with Gasteiger partial charge in [-0.15, -0.1) is 11.8 Å². The number of phenolic OH excluding ortho intramolecular Hbond substituents is 1. The lowest BCUT2D eigenvalue weighted by atomic mass is 10.3. The Morgan fingerprint density at radius 3 is 2.89 bits per heavy atom. The van der Waals surface area contributed by atoms with Gasteiger partial charge in [0, 0.05) is 17.2 Å². The Morgan fingerprint density at radius 2 is 2.22 bits per heavy atom. The molecule has 1 N–H and O–H groups in total. The minimum absolute atomic E-state index is 0.284. The number of thioether (sulfide) groups is 1. The summed E-state index contributed by atoms with van der Waals surface area (Å²) in [6.07, 6.45) is 0. The molecule has 0 radical (unpaired) electrons. The second-order valence-corrected chi connectivity index (χ2v) is 5.37. The molecule has 1 heterocycles. The van der Waals surface area contributed by atoms with Crippen molar-refractivity contribution in [3.63, 3.8) is 0 Å². The van der Waals surface area contributed by atoms with E-state index in [9.17, 15) is 5.11 Å². The average molecular weight is 283 g/mol. The van der Waals surface area contributed by atoms with E-state index in [2.05, 4.69) is 5.10 Å². The standard InChI is InChI=1S/C13H15ClN2OS/c1-3-16-12(13(14)9(2)15-16)8-18-11-6-4-5-10(17)7-11/h4-7,17H,3,8H2,1-2H3. The van der Waals surface area contributed by atoms with Gasteiger partial charge in [0.25, 0.3) is 0 Å². The lowest BCUT2D eigenvalue weighted by molar-refractivity contribution is 0.474. The minimum atomic E-state index is 0.284. The number of rotatable bonds is 4. The van der Waals surface area contributed by atoms with Gasteiger partial charge in [0.15, 0.2) is 0 Å². The van der Waals surface area contributed by atoms with Crippen LogP contribution >= 0.6 is 23.4 Å². The zero-order chi connectivity index (χ0) is 13.1. The van der Waals surface area contributed by atoms with Crippen LogP contribution in [0.1, 0.15) is 18.3 Å². The fourth-order valence-corrected chi connectivity index (χ4v) is 2.99. The summed E-state index contributed by atoms with van der Waals surface area (Å²) in [5, 5.41) is 14.5. The van der Waals surface area contributed by atoms with Crippen LogP contribution in [0.25, 0.3) is 0 Å². The maximum absolute atomic E-state index is 9.41. The number of phenols is 1. The second-order valence-electron chi connectivity index (χ2n) is 3.95. The third kappa shape index (κ3) is 2.82. The van der Waals surface area contributed by atoms with Gasteiger partial charge < -0.3 is 5.11 Å². The number of halogens is 1. The summed E-state index contributed by atoms with van der Waals surface area (Å²) in [5.74, 6) is 1.03. The molecular formula is C13H15ClN2OS. The third-order valence-electron chi connectivity index (χ3n) is 2.65. The van der Waals surface area contributed by atoms with Gasteiger partial charge in [-0.25, -0.2) is 0 Å². The quantitative estimate of drug-likeness (QED) is 0.865. The van der Waals surface area contributed by atoms with Crippen LogP contribution in [-0.4, -0.2) is 14.9 Å². The van der Waals surface area contributed by atoms with E-state index in [1.807, 2.05) is 30.7 Å². The molecule has 2 rings (SSSR count). The molecule has 2 aromatic rings. The van der Waals surface area contributed by atoms with Gasteiger partial charge in [-0.3, -0.25) is 4.68 Å². The van der Waals surface area contributed by atoms with E-state index in [-0.39, 0.29) is 5.75 Å². The normalized spacial score (nSPS) is 10.8. The predicted octanol–water partition coefficient (Wildman–Crippen LogP) is 3.86. The van der Waals surface area contributed by atoms with Crippen molar-refractivity contribution in [2.75, 3.05) is 0 Å². The number of aromatic nitrogens is 2. The van der Waals surface area contributed by atoms with Crippen molar-refractivity contribution >= 4 is 23.4 Å². The van der Waals surface area contributed by atoms with Gasteiger partial charge in [0.05, 0.1) is 16.4 Å². The predicted molar refractivity (Wildman–Crippen MR) is 75.3 cm³/mol.